The van der Waals surface area contributed by atoms with Gasteiger partial charge in [-0.2, -0.15) is 0 Å². The maximum absolute atomic E-state index is 13.8. The number of aryl methyl sites for hydroxylation is 1. The summed E-state index contributed by atoms with van der Waals surface area (Å²) in [6, 6.07) is 14.5. The van der Waals surface area contributed by atoms with Gasteiger partial charge in [-0.25, -0.2) is 0 Å². The highest BCUT2D eigenvalue weighted by Gasteiger charge is 2.34. The number of carbonyl (C=O) groups excluding carboxylic acids is 2. The molecule has 0 spiro atoms. The Morgan fingerprint density at radius 2 is 2.00 bits per heavy atom. The van der Waals surface area contributed by atoms with Crippen LogP contribution in [0.5, 0.6) is 11.5 Å². The molecule has 38 heavy (non-hydrogen) atoms. The van der Waals surface area contributed by atoms with E-state index in [0.29, 0.717) is 41.8 Å². The van der Waals surface area contributed by atoms with E-state index in [0.717, 1.165) is 24.0 Å². The monoisotopic (exact) mass is 554 g/mol. The molecule has 0 saturated heterocycles. The lowest BCUT2D eigenvalue weighted by molar-refractivity contribution is -0.135. The maximum atomic E-state index is 13.8. The minimum atomic E-state index is -0.231. The van der Waals surface area contributed by atoms with Gasteiger partial charge in [0.05, 0.1) is 13.2 Å². The van der Waals surface area contributed by atoms with Crippen molar-refractivity contribution in [2.24, 2.45) is 5.92 Å². The number of methoxy groups -OCH3 is 1. The summed E-state index contributed by atoms with van der Waals surface area (Å²) < 4.78 is 11.5. The Labute approximate surface area is 234 Å². The van der Waals surface area contributed by atoms with Crippen LogP contribution in [0.3, 0.4) is 0 Å². The third kappa shape index (κ3) is 6.51. The summed E-state index contributed by atoms with van der Waals surface area (Å²) in [5.41, 5.74) is 2.57. The van der Waals surface area contributed by atoms with E-state index in [1.165, 1.54) is 4.88 Å². The first-order chi connectivity index (χ1) is 18.3. The van der Waals surface area contributed by atoms with Crippen molar-refractivity contribution in [3.63, 3.8) is 0 Å². The van der Waals surface area contributed by atoms with Gasteiger partial charge < -0.3 is 19.3 Å². The highest BCUT2D eigenvalue weighted by atomic mass is 35.5. The van der Waals surface area contributed by atoms with Crippen LogP contribution < -0.4 is 9.47 Å². The fourth-order valence-electron chi connectivity index (χ4n) is 4.67. The molecule has 1 aliphatic rings. The van der Waals surface area contributed by atoms with E-state index in [2.05, 4.69) is 25.3 Å². The molecule has 2 heterocycles. The van der Waals surface area contributed by atoms with Gasteiger partial charge in [0.15, 0.2) is 0 Å². The number of fused-ring (bicyclic) bond motifs is 1. The molecule has 3 aromatic rings. The average molecular weight is 555 g/mol. The molecule has 8 heteroatoms. The fourth-order valence-corrected chi connectivity index (χ4v) is 5.72. The van der Waals surface area contributed by atoms with Crippen LogP contribution in [0.2, 0.25) is 5.02 Å². The number of thiophene rings is 1. The zero-order chi connectivity index (χ0) is 27.2. The second kappa shape index (κ2) is 12.7. The summed E-state index contributed by atoms with van der Waals surface area (Å²) in [7, 11) is 1.58. The normalized spacial score (nSPS) is 15.5. The second-order valence-electron chi connectivity index (χ2n) is 9.81. The lowest BCUT2D eigenvalue weighted by Gasteiger charge is -2.37. The molecule has 0 unspecified atom stereocenters. The van der Waals surface area contributed by atoms with Crippen molar-refractivity contribution in [1.82, 2.24) is 9.80 Å². The van der Waals surface area contributed by atoms with Gasteiger partial charge >= 0.3 is 0 Å². The van der Waals surface area contributed by atoms with Crippen LogP contribution in [0.15, 0.2) is 53.9 Å². The molecule has 0 aliphatic carbocycles. The van der Waals surface area contributed by atoms with E-state index in [1.54, 1.807) is 47.6 Å². The van der Waals surface area contributed by atoms with Crippen LogP contribution in [0.25, 0.3) is 0 Å². The van der Waals surface area contributed by atoms with Crippen LogP contribution in [-0.2, 0) is 11.2 Å². The lowest BCUT2D eigenvalue weighted by Crippen LogP contribution is -2.48. The summed E-state index contributed by atoms with van der Waals surface area (Å²) >= 11 is 7.89. The van der Waals surface area contributed by atoms with Crippen LogP contribution in [-0.4, -0.2) is 55.0 Å². The number of nitrogens with zero attached hydrogens (tertiary/aromatic N) is 2. The third-order valence-corrected chi connectivity index (χ3v) is 8.53. The van der Waals surface area contributed by atoms with E-state index in [4.69, 9.17) is 21.1 Å². The van der Waals surface area contributed by atoms with Crippen molar-refractivity contribution in [3.8, 4) is 11.5 Å². The highest BCUT2D eigenvalue weighted by molar-refractivity contribution is 7.10. The van der Waals surface area contributed by atoms with Crippen molar-refractivity contribution in [2.45, 2.75) is 39.7 Å². The first-order valence-corrected chi connectivity index (χ1v) is 14.2. The van der Waals surface area contributed by atoms with Gasteiger partial charge in [0, 0.05) is 28.6 Å². The molecule has 0 N–H and O–H groups in total. The molecule has 2 amide bonds. The zero-order valence-corrected chi connectivity index (χ0v) is 24.0. The quantitative estimate of drug-likeness (QED) is 0.290. The third-order valence-electron chi connectivity index (χ3n) is 7.11. The summed E-state index contributed by atoms with van der Waals surface area (Å²) in [6.07, 6.45) is 1.71. The summed E-state index contributed by atoms with van der Waals surface area (Å²) in [5.74, 6) is 1.33. The van der Waals surface area contributed by atoms with E-state index in [9.17, 15) is 9.59 Å². The molecule has 1 aromatic heterocycles. The summed E-state index contributed by atoms with van der Waals surface area (Å²) in [4.78, 5) is 32.2. The van der Waals surface area contributed by atoms with E-state index < -0.39 is 0 Å². The number of benzene rings is 2. The maximum Gasteiger partial charge on any atom is 0.254 e. The highest BCUT2D eigenvalue weighted by Crippen LogP contribution is 2.34. The largest absolute Gasteiger partial charge is 0.497 e. The number of halogens is 1. The molecule has 4 rings (SSSR count). The molecule has 2 aromatic carbocycles. The number of hydrogen-bond donors (Lipinski definition) is 0. The molecular formula is C30H35ClN2O4S. The molecule has 2 atom stereocenters. The molecule has 0 fully saturated rings. The topological polar surface area (TPSA) is 59.1 Å². The van der Waals surface area contributed by atoms with E-state index in [1.807, 2.05) is 30.0 Å². The standard InChI is InChI=1S/C30H35ClN2O4S/c1-5-20(2)17-32(30(35)22-7-6-8-23(16-22)36-4)18-29(34)33-13-11-28-25(12-14-38-28)27(33)19-37-24-9-10-26(31)21(3)15-24/h6-10,12,14-16,20,27H,5,11,13,17-19H2,1-4H3/t20-,27+/m1/s1. The van der Waals surface area contributed by atoms with Gasteiger partial charge in [-0.15, -0.1) is 11.3 Å². The van der Waals surface area contributed by atoms with Gasteiger partial charge in [0.25, 0.3) is 5.91 Å². The Kier molecular flexibility index (Phi) is 9.34. The van der Waals surface area contributed by atoms with Gasteiger partial charge in [0.1, 0.15) is 24.7 Å². The second-order valence-corrected chi connectivity index (χ2v) is 11.2. The summed E-state index contributed by atoms with van der Waals surface area (Å²) in [6.45, 7) is 7.55. The average Bonchev–Trinajstić information content (AvgIpc) is 3.41. The Morgan fingerprint density at radius 3 is 2.74 bits per heavy atom. The van der Waals surface area contributed by atoms with Crippen LogP contribution in [0, 0.1) is 12.8 Å². The fraction of sp³-hybridized carbons (Fsp3) is 0.400. The molecule has 6 nitrogen and oxygen atoms in total. The van der Waals surface area contributed by atoms with Gasteiger partial charge in [-0.3, -0.25) is 9.59 Å². The number of rotatable bonds is 10. The molecule has 202 valence electrons. The lowest BCUT2D eigenvalue weighted by atomic mass is 10.00. The summed E-state index contributed by atoms with van der Waals surface area (Å²) in [5, 5.41) is 2.76. The molecule has 0 saturated carbocycles. The Hall–Kier alpha value is -3.03. The zero-order valence-electron chi connectivity index (χ0n) is 22.4. The van der Waals surface area contributed by atoms with Gasteiger partial charge in [-0.05, 0) is 78.2 Å². The minimum Gasteiger partial charge on any atom is -0.497 e. The number of amides is 2. The van der Waals surface area contributed by atoms with Crippen molar-refractivity contribution in [3.05, 3.63) is 80.5 Å². The predicted molar refractivity (Wildman–Crippen MR) is 153 cm³/mol. The van der Waals surface area contributed by atoms with Crippen molar-refractivity contribution in [2.75, 3.05) is 33.4 Å². The SMILES string of the molecule is CC[C@@H](C)CN(CC(=O)N1CCc2sccc2[C@@H]1COc1ccc(Cl)c(C)c1)C(=O)c1cccc(OC)c1. The Bertz CT molecular complexity index is 1280. The van der Waals surface area contributed by atoms with Crippen LogP contribution in [0.4, 0.5) is 0 Å². The molecule has 0 bridgehead atoms. The number of carbonyl (C=O) groups is 2. The molecule has 1 aliphatic heterocycles. The van der Waals surface area contributed by atoms with Gasteiger partial charge in [0.2, 0.25) is 5.91 Å². The van der Waals surface area contributed by atoms with Gasteiger partial charge in [-0.1, -0.05) is 37.9 Å². The van der Waals surface area contributed by atoms with Crippen molar-refractivity contribution in [1.29, 1.82) is 0 Å². The van der Waals surface area contributed by atoms with Crippen molar-refractivity contribution >= 4 is 34.8 Å². The first kappa shape index (κ1) is 28.0. The Morgan fingerprint density at radius 1 is 1.18 bits per heavy atom. The Balaban J connectivity index is 1.55. The number of hydrogen-bond acceptors (Lipinski definition) is 5. The molecular weight excluding hydrogens is 520 g/mol. The van der Waals surface area contributed by atoms with Crippen LogP contribution in [0.1, 0.15) is 52.7 Å². The minimum absolute atomic E-state index is 0.0103. The smallest absolute Gasteiger partial charge is 0.254 e. The van der Waals surface area contributed by atoms with E-state index >= 15 is 0 Å². The van der Waals surface area contributed by atoms with E-state index in [-0.39, 0.29) is 30.3 Å². The molecule has 0 radical (unpaired) electrons. The number of ether oxygens (including phenoxy) is 2. The van der Waals surface area contributed by atoms with Crippen molar-refractivity contribution < 1.29 is 19.1 Å². The predicted octanol–water partition coefficient (Wildman–Crippen LogP) is 6.41. The first-order valence-electron chi connectivity index (χ1n) is 13.0. The van der Waals surface area contributed by atoms with Crippen LogP contribution >= 0.6 is 22.9 Å².